The van der Waals surface area contributed by atoms with E-state index in [1.165, 1.54) is 0 Å². The first-order chi connectivity index (χ1) is 0. The maximum Gasteiger partial charge on any atom is 2.00 e. The van der Waals surface area contributed by atoms with Crippen molar-refractivity contribution in [1.29, 1.82) is 0 Å². The van der Waals surface area contributed by atoms with Crippen molar-refractivity contribution in [2.75, 3.05) is 0 Å². The van der Waals surface area contributed by atoms with Crippen LogP contribution in [-0.2, 0) is 21.7 Å². The smallest absolute Gasteiger partial charge is 1.00 e. The van der Waals surface area contributed by atoms with Gasteiger partial charge in [-0.1, -0.05) is 0 Å². The molecule has 0 saturated heterocycles. The molecule has 8 heavy (non-hydrogen) atoms. The van der Waals surface area contributed by atoms with E-state index >= 15 is 0 Å². The normalized spacial score (nSPS) is 0. The summed E-state index contributed by atoms with van der Waals surface area (Å²) in [7, 11) is 0. The van der Waals surface area contributed by atoms with Crippen molar-refractivity contribution in [2.24, 2.45) is 0 Å². The Morgan fingerprint density at radius 3 is 0.375 bits per heavy atom. The van der Waals surface area contributed by atoms with Crippen LogP contribution in [0.3, 0.4) is 0 Å². The van der Waals surface area contributed by atoms with Gasteiger partial charge < -0.3 is 28.2 Å². The molecule has 0 aromatic carbocycles. The molecule has 0 bridgehead atoms. The fraction of sp³-hybridized carbons (Fsp3) is 0. The Labute approximate surface area is 99.7 Å². The fourth-order valence-electron chi connectivity index (χ4n) is 0. The Balaban J connectivity index is 0. The standard InChI is InChI=1S/6FH.K.Ti/h6*1H;;/q;;;;;;+1;+2/p-6. The van der Waals surface area contributed by atoms with Crippen LogP contribution in [0.15, 0.2) is 0 Å². The number of hydrogen-bond acceptors (Lipinski definition) is 0. The molecule has 0 nitrogen and oxygen atoms in total. The predicted octanol–water partition coefficient (Wildman–Crippen LogP) is -21.0. The molecule has 0 aliphatic carbocycles. The van der Waals surface area contributed by atoms with Gasteiger partial charge in [-0.2, -0.15) is 0 Å². The van der Waals surface area contributed by atoms with Crippen molar-refractivity contribution >= 4 is 0 Å². The molecule has 0 rings (SSSR count). The van der Waals surface area contributed by atoms with Crippen LogP contribution in [0.25, 0.3) is 0 Å². The molecular formula is F6KTi-3. The third-order valence-electron chi connectivity index (χ3n) is 0. The van der Waals surface area contributed by atoms with Crippen LogP contribution in [0.5, 0.6) is 0 Å². The third-order valence-corrected chi connectivity index (χ3v) is 0. The third kappa shape index (κ3) is 102. The fourth-order valence-corrected chi connectivity index (χ4v) is 0. The van der Waals surface area contributed by atoms with Gasteiger partial charge in [0.25, 0.3) is 0 Å². The molecule has 0 atom stereocenters. The first-order valence-corrected chi connectivity index (χ1v) is 0. The van der Waals surface area contributed by atoms with Crippen LogP contribution in [-0.4, -0.2) is 0 Å². The summed E-state index contributed by atoms with van der Waals surface area (Å²) in [6.45, 7) is 0. The maximum absolute atomic E-state index is 0. The van der Waals surface area contributed by atoms with Crippen LogP contribution < -0.4 is 79.6 Å². The van der Waals surface area contributed by atoms with E-state index < -0.39 is 0 Å². The second-order valence-electron chi connectivity index (χ2n) is 0. The topological polar surface area (TPSA) is 0 Å². The molecule has 0 heterocycles. The first kappa shape index (κ1) is 212. The molecule has 0 spiro atoms. The zero-order valence-corrected chi connectivity index (χ0v) is 8.45. The second-order valence-corrected chi connectivity index (χ2v) is 0. The van der Waals surface area contributed by atoms with Gasteiger partial charge in [-0.15, -0.1) is 0 Å². The zero-order chi connectivity index (χ0) is 0. The maximum atomic E-state index is 0. The van der Waals surface area contributed by atoms with Crippen molar-refractivity contribution in [3.8, 4) is 0 Å². The Morgan fingerprint density at radius 2 is 0.375 bits per heavy atom. The zero-order valence-electron chi connectivity index (χ0n) is 3.77. The molecule has 0 radical (unpaired) electrons. The first-order valence-electron chi connectivity index (χ1n) is 0. The molecule has 0 aromatic heterocycles. The molecule has 0 saturated carbocycles. The molecule has 0 unspecified atom stereocenters. The van der Waals surface area contributed by atoms with Crippen molar-refractivity contribution < 1.29 is 101 Å². The van der Waals surface area contributed by atoms with Crippen LogP contribution >= 0.6 is 0 Å². The molecule has 0 aliphatic heterocycles. The molecule has 0 fully saturated rings. The minimum absolute atomic E-state index is 0. The minimum Gasteiger partial charge on any atom is -1.00 e. The summed E-state index contributed by atoms with van der Waals surface area (Å²) in [6.07, 6.45) is 0. The van der Waals surface area contributed by atoms with Crippen LogP contribution in [0.2, 0.25) is 0 Å². The van der Waals surface area contributed by atoms with Crippen molar-refractivity contribution in [2.45, 2.75) is 0 Å². The summed E-state index contributed by atoms with van der Waals surface area (Å²) in [5, 5.41) is 0. The average molecular weight is 201 g/mol. The molecule has 8 heteroatoms. The van der Waals surface area contributed by atoms with E-state index in [1.807, 2.05) is 0 Å². The van der Waals surface area contributed by atoms with Gasteiger partial charge in [0.2, 0.25) is 0 Å². The van der Waals surface area contributed by atoms with Gasteiger partial charge >= 0.3 is 73.1 Å². The summed E-state index contributed by atoms with van der Waals surface area (Å²) in [6, 6.07) is 0. The Morgan fingerprint density at radius 1 is 0.375 bits per heavy atom. The van der Waals surface area contributed by atoms with Gasteiger partial charge in [-0.3, -0.25) is 0 Å². The van der Waals surface area contributed by atoms with E-state index in [2.05, 4.69) is 0 Å². The van der Waals surface area contributed by atoms with Gasteiger partial charge in [-0.05, 0) is 0 Å². The summed E-state index contributed by atoms with van der Waals surface area (Å²) in [4.78, 5) is 0. The van der Waals surface area contributed by atoms with E-state index in [1.54, 1.807) is 0 Å². The van der Waals surface area contributed by atoms with Gasteiger partial charge in [0.15, 0.2) is 0 Å². The number of halogens is 6. The Kier molecular flexibility index (Phi) is 4000. The van der Waals surface area contributed by atoms with Crippen molar-refractivity contribution in [1.82, 2.24) is 0 Å². The number of hydrogen-bond donors (Lipinski definition) is 0. The Hall–Kier alpha value is 1.93. The second kappa shape index (κ2) is 151. The van der Waals surface area contributed by atoms with E-state index in [4.69, 9.17) is 0 Å². The summed E-state index contributed by atoms with van der Waals surface area (Å²) in [5.74, 6) is 0. The van der Waals surface area contributed by atoms with Crippen LogP contribution in [0.1, 0.15) is 0 Å². The minimum atomic E-state index is 0. The van der Waals surface area contributed by atoms with Gasteiger partial charge in [0.1, 0.15) is 0 Å². The Bertz CT molecular complexity index is 8.49. The molecule has 0 amide bonds. The SMILES string of the molecule is [F-].[F-].[F-].[F-].[F-].[F-].[K+].[Ti+2]. The summed E-state index contributed by atoms with van der Waals surface area (Å²) >= 11 is 0. The van der Waals surface area contributed by atoms with E-state index in [9.17, 15) is 0 Å². The predicted molar refractivity (Wildman–Crippen MR) is 0 cm³/mol. The van der Waals surface area contributed by atoms with Crippen molar-refractivity contribution in [3.63, 3.8) is 0 Å². The quantitative estimate of drug-likeness (QED) is 0.269. The van der Waals surface area contributed by atoms with Crippen LogP contribution in [0, 0.1) is 0 Å². The molecule has 0 aliphatic rings. The van der Waals surface area contributed by atoms with E-state index in [-0.39, 0.29) is 101 Å². The largest absolute Gasteiger partial charge is 2.00 e. The average Bonchev–Trinajstić information content (AvgIpc) is 0. The summed E-state index contributed by atoms with van der Waals surface area (Å²) in [5.41, 5.74) is 0. The number of rotatable bonds is 0. The molecule has 50 valence electrons. The van der Waals surface area contributed by atoms with Crippen LogP contribution in [0.4, 0.5) is 0 Å². The molecule has 0 aromatic rings. The van der Waals surface area contributed by atoms with Crippen molar-refractivity contribution in [3.05, 3.63) is 0 Å². The van der Waals surface area contributed by atoms with Gasteiger partial charge in [-0.25, -0.2) is 0 Å². The monoisotopic (exact) mass is 201 g/mol. The van der Waals surface area contributed by atoms with Gasteiger partial charge in [0.05, 0.1) is 0 Å². The summed E-state index contributed by atoms with van der Waals surface area (Å²) < 4.78 is 0. The molecular weight excluding hydrogens is 201 g/mol. The van der Waals surface area contributed by atoms with E-state index in [0.717, 1.165) is 0 Å². The molecule has 0 N–H and O–H groups in total. The van der Waals surface area contributed by atoms with E-state index in [0.29, 0.717) is 0 Å². The van der Waals surface area contributed by atoms with Gasteiger partial charge in [0, 0.05) is 0 Å².